The number of β-amino-alcohol motifs (C(OH)–C–C–N with tert-alkyl or cyclic N) is 1. The summed E-state index contributed by atoms with van der Waals surface area (Å²) < 4.78 is 6.70. The van der Waals surface area contributed by atoms with Crippen LogP contribution in [0.5, 0.6) is 5.75 Å². The molecule has 1 fully saturated rings. The molecule has 0 saturated carbocycles. The zero-order valence-corrected chi connectivity index (χ0v) is 11.4. The van der Waals surface area contributed by atoms with Crippen molar-refractivity contribution in [2.45, 2.75) is 18.9 Å². The number of halogens is 1. The molecule has 94 valence electrons. The Morgan fingerprint density at radius 3 is 3.12 bits per heavy atom. The summed E-state index contributed by atoms with van der Waals surface area (Å²) in [5.41, 5.74) is 0. The van der Waals surface area contributed by atoms with Crippen molar-refractivity contribution < 1.29 is 9.84 Å². The van der Waals surface area contributed by atoms with E-state index >= 15 is 0 Å². The van der Waals surface area contributed by atoms with Crippen molar-refractivity contribution in [1.82, 2.24) is 4.90 Å². The molecule has 0 amide bonds. The smallest absolute Gasteiger partial charge is 0.120 e. The van der Waals surface area contributed by atoms with Crippen molar-refractivity contribution in [2.75, 3.05) is 26.2 Å². The summed E-state index contributed by atoms with van der Waals surface area (Å²) in [4.78, 5) is 2.26. The number of nitrogens with zero attached hydrogens (tertiary/aromatic N) is 1. The molecule has 1 atom stereocenters. The quantitative estimate of drug-likeness (QED) is 0.926. The maximum absolute atomic E-state index is 9.54. The van der Waals surface area contributed by atoms with Crippen LogP contribution >= 0.6 is 15.9 Å². The molecular formula is C13H18BrNO2. The van der Waals surface area contributed by atoms with Gasteiger partial charge in [-0.2, -0.15) is 0 Å². The molecule has 0 bridgehead atoms. The van der Waals surface area contributed by atoms with Crippen LogP contribution in [0.3, 0.4) is 0 Å². The largest absolute Gasteiger partial charge is 0.492 e. The average molecular weight is 300 g/mol. The lowest BCUT2D eigenvalue weighted by atomic mass is 10.1. The SMILES string of the molecule is OC1CCCN(CCOc2cccc(Br)c2)C1. The minimum absolute atomic E-state index is 0.158. The third-order valence-corrected chi connectivity index (χ3v) is 3.45. The van der Waals surface area contributed by atoms with E-state index in [1.165, 1.54) is 0 Å². The van der Waals surface area contributed by atoms with Gasteiger partial charge in [-0.1, -0.05) is 22.0 Å². The van der Waals surface area contributed by atoms with E-state index in [0.29, 0.717) is 6.61 Å². The number of benzene rings is 1. The second-order valence-electron chi connectivity index (χ2n) is 4.40. The lowest BCUT2D eigenvalue weighted by Crippen LogP contribution is -2.40. The summed E-state index contributed by atoms with van der Waals surface area (Å²) in [6.45, 7) is 3.40. The number of aliphatic hydroxyl groups is 1. The summed E-state index contributed by atoms with van der Waals surface area (Å²) in [6.07, 6.45) is 1.86. The predicted octanol–water partition coefficient (Wildman–Crippen LogP) is 2.28. The van der Waals surface area contributed by atoms with E-state index in [9.17, 15) is 5.11 Å². The summed E-state index contributed by atoms with van der Waals surface area (Å²) in [5.74, 6) is 0.886. The molecule has 1 saturated heterocycles. The average Bonchev–Trinajstić information content (AvgIpc) is 2.29. The molecule has 1 aromatic carbocycles. The highest BCUT2D eigenvalue weighted by Gasteiger charge is 2.16. The molecule has 1 N–H and O–H groups in total. The van der Waals surface area contributed by atoms with Crippen LogP contribution in [0.2, 0.25) is 0 Å². The first-order valence-electron chi connectivity index (χ1n) is 6.03. The van der Waals surface area contributed by atoms with Gasteiger partial charge >= 0.3 is 0 Å². The van der Waals surface area contributed by atoms with Crippen LogP contribution in [0.1, 0.15) is 12.8 Å². The summed E-state index contributed by atoms with van der Waals surface area (Å²) in [5, 5.41) is 9.54. The lowest BCUT2D eigenvalue weighted by Gasteiger charge is -2.29. The van der Waals surface area contributed by atoms with Gasteiger partial charge in [0.2, 0.25) is 0 Å². The molecule has 0 aromatic heterocycles. The first-order valence-corrected chi connectivity index (χ1v) is 6.82. The van der Waals surface area contributed by atoms with Gasteiger partial charge < -0.3 is 9.84 Å². The summed E-state index contributed by atoms with van der Waals surface area (Å²) in [7, 11) is 0. The molecule has 1 aliphatic rings. The molecule has 1 aliphatic heterocycles. The van der Waals surface area contributed by atoms with Gasteiger partial charge in [0.1, 0.15) is 12.4 Å². The van der Waals surface area contributed by atoms with Crippen molar-refractivity contribution >= 4 is 15.9 Å². The van der Waals surface area contributed by atoms with E-state index in [0.717, 1.165) is 42.7 Å². The Labute approximate surface area is 111 Å². The number of ether oxygens (including phenoxy) is 1. The molecule has 2 rings (SSSR count). The molecule has 0 radical (unpaired) electrons. The Kier molecular flexibility index (Phi) is 4.83. The third-order valence-electron chi connectivity index (χ3n) is 2.95. The van der Waals surface area contributed by atoms with Crippen LogP contribution in [-0.2, 0) is 0 Å². The minimum Gasteiger partial charge on any atom is -0.492 e. The van der Waals surface area contributed by atoms with Crippen LogP contribution in [0.15, 0.2) is 28.7 Å². The predicted molar refractivity (Wildman–Crippen MR) is 71.3 cm³/mol. The zero-order chi connectivity index (χ0) is 12.1. The second kappa shape index (κ2) is 6.38. The standard InChI is InChI=1S/C13H18BrNO2/c14-11-3-1-5-13(9-11)17-8-7-15-6-2-4-12(16)10-15/h1,3,5,9,12,16H,2,4,6-8,10H2. The van der Waals surface area contributed by atoms with Gasteiger partial charge in [0.25, 0.3) is 0 Å². The third kappa shape index (κ3) is 4.30. The van der Waals surface area contributed by atoms with E-state index in [-0.39, 0.29) is 6.10 Å². The Morgan fingerprint density at radius 1 is 1.47 bits per heavy atom. The highest BCUT2D eigenvalue weighted by atomic mass is 79.9. The van der Waals surface area contributed by atoms with Gasteiger partial charge in [-0.15, -0.1) is 0 Å². The fourth-order valence-corrected chi connectivity index (χ4v) is 2.46. The topological polar surface area (TPSA) is 32.7 Å². The van der Waals surface area contributed by atoms with Crippen LogP contribution in [-0.4, -0.2) is 42.4 Å². The maximum Gasteiger partial charge on any atom is 0.120 e. The van der Waals surface area contributed by atoms with Gasteiger partial charge in [0.15, 0.2) is 0 Å². The van der Waals surface area contributed by atoms with E-state index in [1.807, 2.05) is 24.3 Å². The van der Waals surface area contributed by atoms with Crippen molar-refractivity contribution in [2.24, 2.45) is 0 Å². The Balaban J connectivity index is 1.72. The van der Waals surface area contributed by atoms with Crippen LogP contribution in [0.25, 0.3) is 0 Å². The van der Waals surface area contributed by atoms with Crippen LogP contribution in [0.4, 0.5) is 0 Å². The first-order chi connectivity index (χ1) is 8.24. The van der Waals surface area contributed by atoms with E-state index in [1.54, 1.807) is 0 Å². The minimum atomic E-state index is -0.158. The normalized spacial score (nSPS) is 21.4. The fraction of sp³-hybridized carbons (Fsp3) is 0.538. The molecule has 3 nitrogen and oxygen atoms in total. The number of aliphatic hydroxyl groups excluding tert-OH is 1. The summed E-state index contributed by atoms with van der Waals surface area (Å²) in [6, 6.07) is 7.86. The zero-order valence-electron chi connectivity index (χ0n) is 9.81. The van der Waals surface area contributed by atoms with Crippen molar-refractivity contribution in [3.8, 4) is 5.75 Å². The highest BCUT2D eigenvalue weighted by molar-refractivity contribution is 9.10. The molecular weight excluding hydrogens is 282 g/mol. The number of piperidine rings is 1. The second-order valence-corrected chi connectivity index (χ2v) is 5.32. The van der Waals surface area contributed by atoms with E-state index in [2.05, 4.69) is 20.8 Å². The monoisotopic (exact) mass is 299 g/mol. The van der Waals surface area contributed by atoms with Crippen LogP contribution in [0, 0.1) is 0 Å². The molecule has 17 heavy (non-hydrogen) atoms. The highest BCUT2D eigenvalue weighted by Crippen LogP contribution is 2.17. The molecule has 1 heterocycles. The van der Waals surface area contributed by atoms with Crippen molar-refractivity contribution in [1.29, 1.82) is 0 Å². The summed E-state index contributed by atoms with van der Waals surface area (Å²) >= 11 is 3.42. The number of likely N-dealkylation sites (tertiary alicyclic amines) is 1. The van der Waals surface area contributed by atoms with E-state index < -0.39 is 0 Å². The van der Waals surface area contributed by atoms with Crippen molar-refractivity contribution in [3.05, 3.63) is 28.7 Å². The number of hydrogen-bond acceptors (Lipinski definition) is 3. The molecule has 4 heteroatoms. The Hall–Kier alpha value is -0.580. The van der Waals surface area contributed by atoms with Crippen LogP contribution < -0.4 is 4.74 Å². The molecule has 0 spiro atoms. The fourth-order valence-electron chi connectivity index (χ4n) is 2.08. The van der Waals surface area contributed by atoms with Gasteiger partial charge in [0.05, 0.1) is 6.10 Å². The Bertz CT molecular complexity index is 359. The Morgan fingerprint density at radius 2 is 2.35 bits per heavy atom. The molecule has 0 aliphatic carbocycles. The molecule has 1 unspecified atom stereocenters. The van der Waals surface area contributed by atoms with Gasteiger partial charge in [-0.25, -0.2) is 0 Å². The lowest BCUT2D eigenvalue weighted by molar-refractivity contribution is 0.0633. The van der Waals surface area contributed by atoms with E-state index in [4.69, 9.17) is 4.74 Å². The first kappa shape index (κ1) is 12.9. The van der Waals surface area contributed by atoms with Crippen molar-refractivity contribution in [3.63, 3.8) is 0 Å². The number of rotatable bonds is 4. The maximum atomic E-state index is 9.54. The van der Waals surface area contributed by atoms with Gasteiger partial charge in [0, 0.05) is 17.6 Å². The number of hydrogen-bond donors (Lipinski definition) is 1. The van der Waals surface area contributed by atoms with Gasteiger partial charge in [-0.05, 0) is 37.6 Å². The molecule has 1 aromatic rings. The van der Waals surface area contributed by atoms with Gasteiger partial charge in [-0.3, -0.25) is 4.90 Å².